The fourth-order valence-corrected chi connectivity index (χ4v) is 3.08. The Labute approximate surface area is 156 Å². The lowest BCUT2D eigenvalue weighted by molar-refractivity contribution is -0.131. The normalized spacial score (nSPS) is 16.4. The maximum atomic E-state index is 12.4. The molecule has 140 valence electrons. The number of nitrogens with zero attached hydrogens (tertiary/aromatic N) is 1. The van der Waals surface area contributed by atoms with Gasteiger partial charge in [0.1, 0.15) is 5.75 Å². The van der Waals surface area contributed by atoms with Crippen LogP contribution >= 0.6 is 12.4 Å². The van der Waals surface area contributed by atoms with Crippen LogP contribution in [0.3, 0.4) is 0 Å². The third-order valence-corrected chi connectivity index (χ3v) is 4.35. The molecule has 0 aliphatic carbocycles. The van der Waals surface area contributed by atoms with Gasteiger partial charge in [-0.1, -0.05) is 6.92 Å². The molecule has 25 heavy (non-hydrogen) atoms. The third kappa shape index (κ3) is 6.33. The van der Waals surface area contributed by atoms with Crippen molar-refractivity contribution in [2.45, 2.75) is 45.1 Å². The number of Topliss-reactive ketones (excluding diaryl/α,β-unsaturated/α-hetero) is 1. The molecule has 1 aliphatic rings. The molecule has 0 bridgehead atoms. The van der Waals surface area contributed by atoms with Crippen molar-refractivity contribution in [1.29, 1.82) is 0 Å². The van der Waals surface area contributed by atoms with E-state index in [0.29, 0.717) is 12.2 Å². The van der Waals surface area contributed by atoms with Gasteiger partial charge in [-0.3, -0.25) is 9.59 Å². The Bertz CT molecular complexity index is 548. The number of halogens is 1. The molecule has 0 saturated carbocycles. The van der Waals surface area contributed by atoms with E-state index in [0.717, 1.165) is 38.1 Å². The lowest BCUT2D eigenvalue weighted by Gasteiger charge is -2.24. The van der Waals surface area contributed by atoms with Gasteiger partial charge in [-0.25, -0.2) is 0 Å². The van der Waals surface area contributed by atoms with Gasteiger partial charge in [0.05, 0.1) is 6.61 Å². The van der Waals surface area contributed by atoms with E-state index in [-0.39, 0.29) is 43.0 Å². The summed E-state index contributed by atoms with van der Waals surface area (Å²) in [7, 11) is 1.90. The molecule has 1 amide bonds. The monoisotopic (exact) mass is 368 g/mol. The zero-order valence-corrected chi connectivity index (χ0v) is 15.9. The molecule has 1 saturated heterocycles. The highest BCUT2D eigenvalue weighted by Gasteiger charge is 2.27. The van der Waals surface area contributed by atoms with Gasteiger partial charge in [-0.2, -0.15) is 0 Å². The van der Waals surface area contributed by atoms with Crippen molar-refractivity contribution in [2.75, 3.05) is 26.7 Å². The minimum atomic E-state index is 0. The Morgan fingerprint density at radius 2 is 1.96 bits per heavy atom. The minimum Gasteiger partial charge on any atom is -0.494 e. The van der Waals surface area contributed by atoms with Gasteiger partial charge in [0.2, 0.25) is 5.91 Å². The zero-order chi connectivity index (χ0) is 17.4. The van der Waals surface area contributed by atoms with Crippen LogP contribution in [-0.4, -0.2) is 49.4 Å². The van der Waals surface area contributed by atoms with Gasteiger partial charge in [-0.15, -0.1) is 12.4 Å². The number of carbonyl (C=O) groups excluding carboxylic acids is 2. The standard InChI is InChI=1S/C19H28N2O3.ClH/c1-3-13-24-17-8-6-15(7-9-17)18(22)10-11-19(23)21-12-4-5-16(21)14-20-2;/h6-9,16,20H,3-5,10-14H2,1-2H3;1H. The Kier molecular flexibility index (Phi) is 9.53. The van der Waals surface area contributed by atoms with Crippen LogP contribution in [-0.2, 0) is 4.79 Å². The molecule has 1 heterocycles. The van der Waals surface area contributed by atoms with Crippen LogP contribution in [0.15, 0.2) is 24.3 Å². The van der Waals surface area contributed by atoms with Gasteiger partial charge in [0, 0.05) is 37.5 Å². The maximum Gasteiger partial charge on any atom is 0.223 e. The van der Waals surface area contributed by atoms with Gasteiger partial charge < -0.3 is 15.0 Å². The first-order valence-electron chi connectivity index (χ1n) is 8.85. The van der Waals surface area contributed by atoms with Crippen molar-refractivity contribution in [3.05, 3.63) is 29.8 Å². The van der Waals surface area contributed by atoms with Crippen LogP contribution in [0, 0.1) is 0 Å². The maximum absolute atomic E-state index is 12.4. The zero-order valence-electron chi connectivity index (χ0n) is 15.1. The van der Waals surface area contributed by atoms with E-state index in [1.54, 1.807) is 12.1 Å². The number of likely N-dealkylation sites (tertiary alicyclic amines) is 1. The van der Waals surface area contributed by atoms with Crippen LogP contribution in [0.25, 0.3) is 0 Å². The van der Waals surface area contributed by atoms with E-state index in [1.807, 2.05) is 24.1 Å². The van der Waals surface area contributed by atoms with E-state index >= 15 is 0 Å². The second-order valence-corrected chi connectivity index (χ2v) is 6.24. The molecule has 1 unspecified atom stereocenters. The second-order valence-electron chi connectivity index (χ2n) is 6.24. The Hall–Kier alpha value is -1.59. The van der Waals surface area contributed by atoms with E-state index in [4.69, 9.17) is 4.74 Å². The average molecular weight is 369 g/mol. The summed E-state index contributed by atoms with van der Waals surface area (Å²) in [6, 6.07) is 7.45. The highest BCUT2D eigenvalue weighted by Crippen LogP contribution is 2.19. The smallest absolute Gasteiger partial charge is 0.223 e. The van der Waals surface area contributed by atoms with Crippen LogP contribution in [0.5, 0.6) is 5.75 Å². The highest BCUT2D eigenvalue weighted by atomic mass is 35.5. The molecule has 0 spiro atoms. The molecule has 1 aromatic carbocycles. The quantitative estimate of drug-likeness (QED) is 0.680. The predicted molar refractivity (Wildman–Crippen MR) is 102 cm³/mol. The Morgan fingerprint density at radius 3 is 2.60 bits per heavy atom. The van der Waals surface area contributed by atoms with E-state index < -0.39 is 0 Å². The molecule has 1 fully saturated rings. The summed E-state index contributed by atoms with van der Waals surface area (Å²) < 4.78 is 5.51. The van der Waals surface area contributed by atoms with Crippen molar-refractivity contribution in [3.63, 3.8) is 0 Å². The number of benzene rings is 1. The Morgan fingerprint density at radius 1 is 1.24 bits per heavy atom. The number of hydrogen-bond donors (Lipinski definition) is 1. The first kappa shape index (κ1) is 21.5. The van der Waals surface area contributed by atoms with E-state index in [9.17, 15) is 9.59 Å². The number of likely N-dealkylation sites (N-methyl/N-ethyl adjacent to an activating group) is 1. The molecule has 1 aliphatic heterocycles. The number of hydrogen-bond acceptors (Lipinski definition) is 4. The molecule has 0 aromatic heterocycles. The van der Waals surface area contributed by atoms with Gasteiger partial charge in [-0.05, 0) is 50.6 Å². The van der Waals surface area contributed by atoms with Crippen LogP contribution in [0.4, 0.5) is 0 Å². The lowest BCUT2D eigenvalue weighted by Crippen LogP contribution is -2.40. The molecule has 1 atom stereocenters. The number of ketones is 1. The summed E-state index contributed by atoms with van der Waals surface area (Å²) in [5.41, 5.74) is 0.639. The van der Waals surface area contributed by atoms with Gasteiger partial charge in [0.25, 0.3) is 0 Å². The number of carbonyl (C=O) groups is 2. The molecule has 1 aromatic rings. The summed E-state index contributed by atoms with van der Waals surface area (Å²) in [5, 5.41) is 3.13. The van der Waals surface area contributed by atoms with Gasteiger partial charge in [0.15, 0.2) is 5.78 Å². The fourth-order valence-electron chi connectivity index (χ4n) is 3.08. The minimum absolute atomic E-state index is 0. The van der Waals surface area contributed by atoms with Crippen molar-refractivity contribution >= 4 is 24.1 Å². The predicted octanol–water partition coefficient (Wildman–Crippen LogP) is 3.07. The van der Waals surface area contributed by atoms with Gasteiger partial charge >= 0.3 is 0 Å². The first-order chi connectivity index (χ1) is 11.7. The SMILES string of the molecule is CCCOc1ccc(C(=O)CCC(=O)N2CCCC2CNC)cc1.Cl. The molecular weight excluding hydrogens is 340 g/mol. The van der Waals surface area contributed by atoms with Crippen molar-refractivity contribution < 1.29 is 14.3 Å². The van der Waals surface area contributed by atoms with E-state index in [1.165, 1.54) is 0 Å². The summed E-state index contributed by atoms with van der Waals surface area (Å²) in [6.45, 7) is 4.35. The summed E-state index contributed by atoms with van der Waals surface area (Å²) >= 11 is 0. The van der Waals surface area contributed by atoms with E-state index in [2.05, 4.69) is 12.2 Å². The van der Waals surface area contributed by atoms with Crippen molar-refractivity contribution in [2.24, 2.45) is 0 Å². The van der Waals surface area contributed by atoms with Crippen LogP contribution in [0.1, 0.15) is 49.4 Å². The molecule has 0 radical (unpaired) electrons. The van der Waals surface area contributed by atoms with Crippen LogP contribution < -0.4 is 10.1 Å². The molecule has 6 heteroatoms. The van der Waals surface area contributed by atoms with Crippen LogP contribution in [0.2, 0.25) is 0 Å². The fraction of sp³-hybridized carbons (Fsp3) is 0.579. The first-order valence-corrected chi connectivity index (χ1v) is 8.85. The highest BCUT2D eigenvalue weighted by molar-refractivity contribution is 5.98. The number of nitrogens with one attached hydrogen (secondary N) is 1. The molecular formula is C19H29ClN2O3. The Balaban J connectivity index is 0.00000312. The molecule has 2 rings (SSSR count). The topological polar surface area (TPSA) is 58.6 Å². The lowest BCUT2D eigenvalue weighted by atomic mass is 10.1. The van der Waals surface area contributed by atoms with Crippen molar-refractivity contribution in [3.8, 4) is 5.75 Å². The second kappa shape index (κ2) is 11.1. The molecule has 5 nitrogen and oxygen atoms in total. The summed E-state index contributed by atoms with van der Waals surface area (Å²) in [4.78, 5) is 26.6. The summed E-state index contributed by atoms with van der Waals surface area (Å²) in [5.74, 6) is 0.871. The molecule has 1 N–H and O–H groups in total. The van der Waals surface area contributed by atoms with Crippen molar-refractivity contribution in [1.82, 2.24) is 10.2 Å². The largest absolute Gasteiger partial charge is 0.494 e. The third-order valence-electron chi connectivity index (χ3n) is 4.35. The number of ether oxygens (including phenoxy) is 1. The number of amides is 1. The average Bonchev–Trinajstić information content (AvgIpc) is 3.06. The summed E-state index contributed by atoms with van der Waals surface area (Å²) in [6.07, 6.45) is 3.59. The number of rotatable bonds is 9.